The minimum Gasteiger partial charge on any atom is -0.481 e. The van der Waals surface area contributed by atoms with Crippen LogP contribution in [0.5, 0.6) is 11.5 Å². The lowest BCUT2D eigenvalue weighted by Crippen LogP contribution is -2.40. The Morgan fingerprint density at radius 3 is 2.41 bits per heavy atom. The number of carboxylic acids is 1. The number of carbonyl (C=O) groups excluding carboxylic acids is 1. The molecule has 29 heavy (non-hydrogen) atoms. The van der Waals surface area contributed by atoms with Crippen molar-refractivity contribution in [1.29, 1.82) is 0 Å². The summed E-state index contributed by atoms with van der Waals surface area (Å²) in [4.78, 5) is 27.7. The summed E-state index contributed by atoms with van der Waals surface area (Å²) >= 11 is 0. The van der Waals surface area contributed by atoms with E-state index in [2.05, 4.69) is 0 Å². The first kappa shape index (κ1) is 20.9. The molecule has 0 aromatic heterocycles. The summed E-state index contributed by atoms with van der Waals surface area (Å²) in [5.74, 6) is 0.448. The van der Waals surface area contributed by atoms with Gasteiger partial charge in [-0.05, 0) is 49.2 Å². The van der Waals surface area contributed by atoms with Crippen molar-refractivity contribution in [2.24, 2.45) is 5.92 Å². The highest BCUT2D eigenvalue weighted by Crippen LogP contribution is 2.22. The van der Waals surface area contributed by atoms with Crippen molar-refractivity contribution >= 4 is 11.9 Å². The third-order valence-corrected chi connectivity index (χ3v) is 5.10. The first-order valence-corrected chi connectivity index (χ1v) is 10.1. The lowest BCUT2D eigenvalue weighted by Gasteiger charge is -2.25. The zero-order valence-electron chi connectivity index (χ0n) is 16.8. The van der Waals surface area contributed by atoms with Gasteiger partial charge in [0.1, 0.15) is 11.5 Å². The Balaban J connectivity index is 1.56. The number of amides is 1. The number of nitrogens with zero attached hydrogens (tertiary/aromatic N) is 2. The van der Waals surface area contributed by atoms with Crippen molar-refractivity contribution in [2.75, 3.05) is 26.2 Å². The highest BCUT2D eigenvalue weighted by molar-refractivity contribution is 5.78. The molecule has 1 saturated heterocycles. The highest BCUT2D eigenvalue weighted by Gasteiger charge is 2.29. The van der Waals surface area contributed by atoms with Crippen LogP contribution in [0.4, 0.5) is 0 Å². The number of rotatable bonds is 9. The van der Waals surface area contributed by atoms with E-state index in [-0.39, 0.29) is 18.4 Å². The average molecular weight is 396 g/mol. The standard InChI is InChI=1S/C23H28N2O4/c1-2-13-25(22(26)17-24-14-12-19(16-24)23(27)28)15-18-8-10-21(11-9-18)29-20-6-4-3-5-7-20/h3-11,19H,2,12-17H2,1H3,(H,27,28). The minimum atomic E-state index is -0.775. The maximum absolute atomic E-state index is 12.8. The lowest BCUT2D eigenvalue weighted by molar-refractivity contribution is -0.141. The number of para-hydroxylation sites is 1. The Hall–Kier alpha value is -2.86. The van der Waals surface area contributed by atoms with Crippen molar-refractivity contribution in [3.63, 3.8) is 0 Å². The highest BCUT2D eigenvalue weighted by atomic mass is 16.5. The summed E-state index contributed by atoms with van der Waals surface area (Å²) in [7, 11) is 0. The van der Waals surface area contributed by atoms with E-state index in [0.29, 0.717) is 32.6 Å². The van der Waals surface area contributed by atoms with Crippen molar-refractivity contribution in [1.82, 2.24) is 9.80 Å². The Bertz CT molecular complexity index is 807. The van der Waals surface area contributed by atoms with Crippen LogP contribution in [-0.4, -0.2) is 53.0 Å². The largest absolute Gasteiger partial charge is 0.481 e. The topological polar surface area (TPSA) is 70.1 Å². The van der Waals surface area contributed by atoms with Crippen molar-refractivity contribution in [3.05, 3.63) is 60.2 Å². The van der Waals surface area contributed by atoms with Gasteiger partial charge in [0.05, 0.1) is 12.5 Å². The van der Waals surface area contributed by atoms with Gasteiger partial charge in [0.2, 0.25) is 5.91 Å². The van der Waals surface area contributed by atoms with Gasteiger partial charge in [-0.15, -0.1) is 0 Å². The van der Waals surface area contributed by atoms with Gasteiger partial charge < -0.3 is 14.7 Å². The maximum Gasteiger partial charge on any atom is 0.307 e. The summed E-state index contributed by atoms with van der Waals surface area (Å²) in [6.45, 7) is 4.65. The number of carboxylic acid groups (broad SMARTS) is 1. The molecule has 6 heteroatoms. The molecule has 1 aliphatic heterocycles. The molecule has 0 radical (unpaired) electrons. The molecule has 2 aromatic rings. The van der Waals surface area contributed by atoms with E-state index in [9.17, 15) is 9.59 Å². The monoisotopic (exact) mass is 396 g/mol. The van der Waals surface area contributed by atoms with E-state index in [1.165, 1.54) is 0 Å². The Labute approximate surface area is 171 Å². The summed E-state index contributed by atoms with van der Waals surface area (Å²) in [5, 5.41) is 9.14. The SMILES string of the molecule is CCCN(Cc1ccc(Oc2ccccc2)cc1)C(=O)CN1CCC(C(=O)O)C1. The van der Waals surface area contributed by atoms with Crippen LogP contribution in [0.3, 0.4) is 0 Å². The minimum absolute atomic E-state index is 0.0440. The molecule has 1 N–H and O–H groups in total. The first-order valence-electron chi connectivity index (χ1n) is 10.1. The molecule has 2 aromatic carbocycles. The molecule has 6 nitrogen and oxygen atoms in total. The van der Waals surface area contributed by atoms with E-state index >= 15 is 0 Å². The quantitative estimate of drug-likeness (QED) is 0.701. The number of carbonyl (C=O) groups is 2. The number of likely N-dealkylation sites (tertiary alicyclic amines) is 1. The molecule has 0 bridgehead atoms. The van der Waals surface area contributed by atoms with Gasteiger partial charge in [-0.25, -0.2) is 0 Å². The fraction of sp³-hybridized carbons (Fsp3) is 0.391. The lowest BCUT2D eigenvalue weighted by atomic mass is 10.1. The molecule has 1 atom stereocenters. The van der Waals surface area contributed by atoms with Crippen molar-refractivity contribution in [3.8, 4) is 11.5 Å². The van der Waals surface area contributed by atoms with Crippen LogP contribution in [0.2, 0.25) is 0 Å². The van der Waals surface area contributed by atoms with E-state index in [4.69, 9.17) is 9.84 Å². The zero-order chi connectivity index (χ0) is 20.6. The van der Waals surface area contributed by atoms with Gasteiger partial charge >= 0.3 is 5.97 Å². The molecule has 0 spiro atoms. The third kappa shape index (κ3) is 6.06. The summed E-state index contributed by atoms with van der Waals surface area (Å²) < 4.78 is 5.82. The van der Waals surface area contributed by atoms with Crippen LogP contribution in [-0.2, 0) is 16.1 Å². The third-order valence-electron chi connectivity index (χ3n) is 5.10. The molecule has 1 fully saturated rings. The molecule has 0 aliphatic carbocycles. The number of hydrogen-bond acceptors (Lipinski definition) is 4. The van der Waals surface area contributed by atoms with Crippen LogP contribution in [0.1, 0.15) is 25.3 Å². The number of benzene rings is 2. The van der Waals surface area contributed by atoms with Crippen LogP contribution in [0.15, 0.2) is 54.6 Å². The van der Waals surface area contributed by atoms with E-state index in [1.807, 2.05) is 71.3 Å². The number of ether oxygens (including phenoxy) is 1. The Kier molecular flexibility index (Phi) is 7.25. The molecule has 1 unspecified atom stereocenters. The number of aliphatic carboxylic acids is 1. The van der Waals surface area contributed by atoms with Gasteiger partial charge in [-0.3, -0.25) is 14.5 Å². The van der Waals surface area contributed by atoms with Crippen LogP contribution in [0.25, 0.3) is 0 Å². The second-order valence-electron chi connectivity index (χ2n) is 7.43. The van der Waals surface area contributed by atoms with E-state index < -0.39 is 5.97 Å². The molecule has 0 saturated carbocycles. The second kappa shape index (κ2) is 10.1. The number of hydrogen-bond donors (Lipinski definition) is 1. The molecule has 1 heterocycles. The van der Waals surface area contributed by atoms with Gasteiger partial charge in [0, 0.05) is 19.6 Å². The predicted molar refractivity (Wildman–Crippen MR) is 111 cm³/mol. The average Bonchev–Trinajstić information content (AvgIpc) is 3.19. The fourth-order valence-corrected chi connectivity index (χ4v) is 3.54. The molecular formula is C23H28N2O4. The molecule has 1 aliphatic rings. The van der Waals surface area contributed by atoms with Gasteiger partial charge in [-0.1, -0.05) is 37.3 Å². The summed E-state index contributed by atoms with van der Waals surface area (Å²) in [6, 6.07) is 17.4. The van der Waals surface area contributed by atoms with Crippen molar-refractivity contribution < 1.29 is 19.4 Å². The normalized spacial score (nSPS) is 16.5. The molecule has 154 valence electrons. The molecule has 1 amide bonds. The summed E-state index contributed by atoms with van der Waals surface area (Å²) in [5.41, 5.74) is 1.04. The molecular weight excluding hydrogens is 368 g/mol. The van der Waals surface area contributed by atoms with Gasteiger partial charge in [0.25, 0.3) is 0 Å². The maximum atomic E-state index is 12.8. The molecule has 3 rings (SSSR count). The first-order chi connectivity index (χ1) is 14.0. The van der Waals surface area contributed by atoms with Crippen LogP contribution in [0, 0.1) is 5.92 Å². The van der Waals surface area contributed by atoms with Gasteiger partial charge in [-0.2, -0.15) is 0 Å². The Morgan fingerprint density at radius 2 is 1.79 bits per heavy atom. The Morgan fingerprint density at radius 1 is 1.10 bits per heavy atom. The van der Waals surface area contributed by atoms with Gasteiger partial charge in [0.15, 0.2) is 0 Å². The van der Waals surface area contributed by atoms with E-state index in [1.54, 1.807) is 0 Å². The van der Waals surface area contributed by atoms with E-state index in [0.717, 1.165) is 23.5 Å². The zero-order valence-corrected chi connectivity index (χ0v) is 16.8. The van der Waals surface area contributed by atoms with Crippen molar-refractivity contribution in [2.45, 2.75) is 26.3 Å². The van der Waals surface area contributed by atoms with Crippen LogP contribution >= 0.6 is 0 Å². The smallest absolute Gasteiger partial charge is 0.307 e. The summed E-state index contributed by atoms with van der Waals surface area (Å²) in [6.07, 6.45) is 1.48. The van der Waals surface area contributed by atoms with Crippen LogP contribution < -0.4 is 4.74 Å². The second-order valence-corrected chi connectivity index (χ2v) is 7.43. The predicted octanol–water partition coefficient (Wildman–Crippen LogP) is 3.62. The fourth-order valence-electron chi connectivity index (χ4n) is 3.54.